The summed E-state index contributed by atoms with van der Waals surface area (Å²) < 4.78 is 40.5. The van der Waals surface area contributed by atoms with Crippen molar-refractivity contribution in [1.29, 1.82) is 0 Å². The topological polar surface area (TPSA) is 111 Å². The van der Waals surface area contributed by atoms with Crippen LogP contribution in [0.2, 0.25) is 0 Å². The van der Waals surface area contributed by atoms with Crippen molar-refractivity contribution in [2.24, 2.45) is 0 Å². The number of hydrogen-bond donors (Lipinski definition) is 1. The second kappa shape index (κ2) is 9.38. The summed E-state index contributed by atoms with van der Waals surface area (Å²) in [6, 6.07) is 8.54. The van der Waals surface area contributed by atoms with Crippen LogP contribution in [0.1, 0.15) is 12.2 Å². The van der Waals surface area contributed by atoms with Gasteiger partial charge in [-0.2, -0.15) is 4.31 Å². The first kappa shape index (κ1) is 20.7. The van der Waals surface area contributed by atoms with Gasteiger partial charge in [-0.3, -0.25) is 4.79 Å². The molecule has 0 bridgehead atoms. The van der Waals surface area contributed by atoms with Crippen LogP contribution in [0, 0.1) is 6.92 Å². The Morgan fingerprint density at radius 1 is 1.22 bits per heavy atom. The number of ether oxygens (including phenoxy) is 2. The molecule has 0 saturated heterocycles. The second-order valence-corrected chi connectivity index (χ2v) is 7.79. The molecule has 1 aromatic heterocycles. The minimum Gasteiger partial charge on any atom is -0.497 e. The van der Waals surface area contributed by atoms with E-state index in [0.717, 1.165) is 6.26 Å². The van der Waals surface area contributed by atoms with E-state index in [1.807, 2.05) is 0 Å². The fraction of sp³-hybridized carbons (Fsp3) is 0.412. The fourth-order valence-corrected chi connectivity index (χ4v) is 3.07. The first-order chi connectivity index (χ1) is 12.8. The zero-order valence-corrected chi connectivity index (χ0v) is 16.3. The molecule has 1 aromatic carbocycles. The monoisotopic (exact) mass is 397 g/mol. The van der Waals surface area contributed by atoms with Gasteiger partial charge in [0.25, 0.3) is 0 Å². The number of benzene rings is 1. The Bertz CT molecular complexity index is 848. The molecule has 0 aliphatic carbocycles. The highest BCUT2D eigenvalue weighted by molar-refractivity contribution is 7.88. The number of aromatic nitrogens is 1. The van der Waals surface area contributed by atoms with E-state index in [-0.39, 0.29) is 32.0 Å². The molecule has 148 valence electrons. The number of methoxy groups -OCH3 is 1. The zero-order valence-electron chi connectivity index (χ0n) is 15.5. The Kier molecular flexibility index (Phi) is 7.19. The highest BCUT2D eigenvalue weighted by Gasteiger charge is 2.18. The molecule has 0 aliphatic rings. The number of carbonyl (C=O) groups is 1. The van der Waals surface area contributed by atoms with E-state index in [4.69, 9.17) is 14.0 Å². The molecule has 0 aliphatic heterocycles. The van der Waals surface area contributed by atoms with E-state index >= 15 is 0 Å². The molecule has 0 spiro atoms. The molecule has 0 unspecified atom stereocenters. The molecule has 2 rings (SSSR count). The van der Waals surface area contributed by atoms with Crippen molar-refractivity contribution in [1.82, 2.24) is 9.46 Å². The third-order valence-electron chi connectivity index (χ3n) is 3.62. The van der Waals surface area contributed by atoms with E-state index in [1.54, 1.807) is 44.4 Å². The SMILES string of the molecule is COc1ccc(OCCN(CCC(=O)Nc2cc(C)on2)S(C)(=O)=O)cc1. The molecule has 27 heavy (non-hydrogen) atoms. The summed E-state index contributed by atoms with van der Waals surface area (Å²) in [4.78, 5) is 12.0. The Morgan fingerprint density at radius 2 is 1.89 bits per heavy atom. The lowest BCUT2D eigenvalue weighted by molar-refractivity contribution is -0.116. The third-order valence-corrected chi connectivity index (χ3v) is 4.92. The van der Waals surface area contributed by atoms with E-state index in [0.29, 0.717) is 23.1 Å². The van der Waals surface area contributed by atoms with Crippen LogP contribution in [-0.2, 0) is 14.8 Å². The predicted molar refractivity (Wildman–Crippen MR) is 99.4 cm³/mol. The van der Waals surface area contributed by atoms with Crippen molar-refractivity contribution in [3.63, 3.8) is 0 Å². The molecule has 0 radical (unpaired) electrons. The zero-order chi connectivity index (χ0) is 19.9. The summed E-state index contributed by atoms with van der Waals surface area (Å²) in [6.45, 7) is 2.02. The number of rotatable bonds is 10. The van der Waals surface area contributed by atoms with Crippen LogP contribution in [0.3, 0.4) is 0 Å². The van der Waals surface area contributed by atoms with E-state index in [2.05, 4.69) is 10.5 Å². The molecular weight excluding hydrogens is 374 g/mol. The molecule has 0 saturated carbocycles. The van der Waals surface area contributed by atoms with Gasteiger partial charge in [0, 0.05) is 25.6 Å². The van der Waals surface area contributed by atoms with Gasteiger partial charge in [0.15, 0.2) is 5.82 Å². The number of nitrogens with one attached hydrogen (secondary N) is 1. The van der Waals surface area contributed by atoms with Crippen molar-refractivity contribution in [2.45, 2.75) is 13.3 Å². The minimum absolute atomic E-state index is 0.0124. The van der Waals surface area contributed by atoms with Crippen molar-refractivity contribution >= 4 is 21.7 Å². The summed E-state index contributed by atoms with van der Waals surface area (Å²) in [5.74, 6) is 1.81. The Balaban J connectivity index is 1.82. The average molecular weight is 397 g/mol. The molecule has 0 fully saturated rings. The van der Waals surface area contributed by atoms with Crippen LogP contribution in [0.15, 0.2) is 34.9 Å². The molecule has 1 N–H and O–H groups in total. The maximum absolute atomic E-state index is 12.0. The lowest BCUT2D eigenvalue weighted by Crippen LogP contribution is -2.36. The van der Waals surface area contributed by atoms with Gasteiger partial charge in [-0.1, -0.05) is 5.16 Å². The second-order valence-electron chi connectivity index (χ2n) is 5.81. The Morgan fingerprint density at radius 3 is 2.44 bits per heavy atom. The molecule has 10 heteroatoms. The standard InChI is InChI=1S/C17H23N3O6S/c1-13-12-16(19-26-13)18-17(21)8-9-20(27(3,22)23)10-11-25-15-6-4-14(24-2)5-7-15/h4-7,12H,8-11H2,1-3H3,(H,18,19,21). The van der Waals surface area contributed by atoms with Crippen LogP contribution in [-0.4, -0.2) is 56.8 Å². The number of nitrogens with zero attached hydrogens (tertiary/aromatic N) is 2. The lowest BCUT2D eigenvalue weighted by atomic mass is 10.3. The number of hydrogen-bond acceptors (Lipinski definition) is 7. The molecule has 2 aromatic rings. The van der Waals surface area contributed by atoms with Gasteiger partial charge in [0.2, 0.25) is 15.9 Å². The number of sulfonamides is 1. The van der Waals surface area contributed by atoms with Crippen molar-refractivity contribution < 1.29 is 27.2 Å². The highest BCUT2D eigenvalue weighted by atomic mass is 32.2. The lowest BCUT2D eigenvalue weighted by Gasteiger charge is -2.19. The van der Waals surface area contributed by atoms with Crippen molar-refractivity contribution in [3.8, 4) is 11.5 Å². The maximum atomic E-state index is 12.0. The van der Waals surface area contributed by atoms with Crippen LogP contribution in [0.4, 0.5) is 5.82 Å². The predicted octanol–water partition coefficient (Wildman–Crippen LogP) is 1.66. The quantitative estimate of drug-likeness (QED) is 0.649. The van der Waals surface area contributed by atoms with E-state index in [1.165, 1.54) is 4.31 Å². The van der Waals surface area contributed by atoms with Crippen molar-refractivity contribution in [3.05, 3.63) is 36.1 Å². The van der Waals surface area contributed by atoms with Gasteiger partial charge in [-0.25, -0.2) is 8.42 Å². The van der Waals surface area contributed by atoms with E-state index in [9.17, 15) is 13.2 Å². The van der Waals surface area contributed by atoms with Gasteiger partial charge in [0.05, 0.1) is 13.4 Å². The van der Waals surface area contributed by atoms with Crippen LogP contribution >= 0.6 is 0 Å². The van der Waals surface area contributed by atoms with Gasteiger partial charge >= 0.3 is 0 Å². The van der Waals surface area contributed by atoms with Crippen LogP contribution in [0.25, 0.3) is 0 Å². The average Bonchev–Trinajstić information content (AvgIpc) is 3.02. The maximum Gasteiger partial charge on any atom is 0.226 e. The number of carbonyl (C=O) groups excluding carboxylic acids is 1. The Hall–Kier alpha value is -2.59. The molecule has 9 nitrogen and oxygen atoms in total. The highest BCUT2D eigenvalue weighted by Crippen LogP contribution is 2.17. The number of aryl methyl sites for hydroxylation is 1. The number of amides is 1. The summed E-state index contributed by atoms with van der Waals surface area (Å²) in [5.41, 5.74) is 0. The number of anilines is 1. The molecular formula is C17H23N3O6S. The normalized spacial score (nSPS) is 11.4. The van der Waals surface area contributed by atoms with Crippen molar-refractivity contribution in [2.75, 3.05) is 38.4 Å². The fourth-order valence-electron chi connectivity index (χ4n) is 2.24. The molecule has 0 atom stereocenters. The molecule has 1 amide bonds. The summed E-state index contributed by atoms with van der Waals surface area (Å²) >= 11 is 0. The van der Waals surface area contributed by atoms with Gasteiger partial charge in [-0.05, 0) is 31.2 Å². The minimum atomic E-state index is -3.48. The summed E-state index contributed by atoms with van der Waals surface area (Å²) in [7, 11) is -1.91. The van der Waals surface area contributed by atoms with Crippen LogP contribution in [0.5, 0.6) is 11.5 Å². The Labute approximate surface area is 158 Å². The third kappa shape index (κ3) is 6.91. The molecule has 1 heterocycles. The van der Waals surface area contributed by atoms with Gasteiger partial charge in [-0.15, -0.1) is 0 Å². The van der Waals surface area contributed by atoms with Gasteiger partial charge in [0.1, 0.15) is 23.9 Å². The smallest absolute Gasteiger partial charge is 0.226 e. The summed E-state index contributed by atoms with van der Waals surface area (Å²) in [6.07, 6.45) is 1.08. The summed E-state index contributed by atoms with van der Waals surface area (Å²) in [5, 5.41) is 6.21. The largest absolute Gasteiger partial charge is 0.497 e. The first-order valence-electron chi connectivity index (χ1n) is 8.23. The van der Waals surface area contributed by atoms with Crippen LogP contribution < -0.4 is 14.8 Å². The van der Waals surface area contributed by atoms with Gasteiger partial charge < -0.3 is 19.3 Å². The van der Waals surface area contributed by atoms with E-state index < -0.39 is 10.0 Å². The first-order valence-corrected chi connectivity index (χ1v) is 10.1.